The zero-order valence-corrected chi connectivity index (χ0v) is 8.98. The summed E-state index contributed by atoms with van der Waals surface area (Å²) in [4.78, 5) is 3.66. The summed E-state index contributed by atoms with van der Waals surface area (Å²) < 4.78 is 12.7. The van der Waals surface area contributed by atoms with Crippen LogP contribution in [0, 0.1) is 5.82 Å². The molecule has 0 aliphatic rings. The molecule has 14 heavy (non-hydrogen) atoms. The predicted octanol–water partition coefficient (Wildman–Crippen LogP) is 2.87. The molecule has 78 valence electrons. The second-order valence-electron chi connectivity index (χ2n) is 2.66. The first-order chi connectivity index (χ1) is 6.15. The van der Waals surface area contributed by atoms with Crippen molar-refractivity contribution in [2.45, 2.75) is 12.5 Å². The lowest BCUT2D eigenvalue weighted by Crippen LogP contribution is -2.10. The Hall–Kier alpha value is -0.640. The third kappa shape index (κ3) is 3.25. The van der Waals surface area contributed by atoms with Crippen molar-refractivity contribution in [2.75, 3.05) is 0 Å². The lowest BCUT2D eigenvalue weighted by atomic mass is 10.1. The van der Waals surface area contributed by atoms with E-state index in [-0.39, 0.29) is 23.6 Å². The van der Waals surface area contributed by atoms with Gasteiger partial charge in [0.1, 0.15) is 11.0 Å². The van der Waals surface area contributed by atoms with Crippen LogP contribution in [0.3, 0.4) is 0 Å². The van der Waals surface area contributed by atoms with Gasteiger partial charge in [0.05, 0.1) is 6.20 Å². The summed E-state index contributed by atoms with van der Waals surface area (Å²) in [7, 11) is 0. The van der Waals surface area contributed by atoms with E-state index in [1.165, 1.54) is 6.07 Å². The number of pyridine rings is 1. The van der Waals surface area contributed by atoms with Gasteiger partial charge in [-0.2, -0.15) is 0 Å². The van der Waals surface area contributed by atoms with Crippen LogP contribution in [-0.4, -0.2) is 4.98 Å². The first-order valence-electron chi connectivity index (χ1n) is 3.82. The highest BCUT2D eigenvalue weighted by atomic mass is 35.5. The highest BCUT2D eigenvalue weighted by molar-refractivity contribution is 6.30. The quantitative estimate of drug-likeness (QED) is 0.648. The van der Waals surface area contributed by atoms with Crippen molar-refractivity contribution in [1.82, 2.24) is 4.98 Å². The third-order valence-electron chi connectivity index (χ3n) is 1.65. The zero-order valence-electron chi connectivity index (χ0n) is 7.41. The summed E-state index contributed by atoms with van der Waals surface area (Å²) in [6.45, 7) is 3.54. The van der Waals surface area contributed by atoms with Gasteiger partial charge >= 0.3 is 0 Å². The van der Waals surface area contributed by atoms with Crippen LogP contribution in [0.1, 0.15) is 18.0 Å². The van der Waals surface area contributed by atoms with Crippen LogP contribution in [0.4, 0.5) is 4.39 Å². The molecule has 0 spiro atoms. The fourth-order valence-corrected chi connectivity index (χ4v) is 1.25. The second-order valence-corrected chi connectivity index (χ2v) is 3.02. The molecule has 2 nitrogen and oxygen atoms in total. The Kier molecular flexibility index (Phi) is 5.69. The Morgan fingerprint density at radius 3 is 2.93 bits per heavy atom. The minimum absolute atomic E-state index is 0. The summed E-state index contributed by atoms with van der Waals surface area (Å²) in [6.07, 6.45) is 3.27. The van der Waals surface area contributed by atoms with E-state index in [1.54, 1.807) is 6.08 Å². The summed E-state index contributed by atoms with van der Waals surface area (Å²) in [5.74, 6) is -0.432. The van der Waals surface area contributed by atoms with E-state index in [2.05, 4.69) is 11.6 Å². The van der Waals surface area contributed by atoms with Crippen LogP contribution in [0.25, 0.3) is 0 Å². The van der Waals surface area contributed by atoms with Crippen molar-refractivity contribution < 1.29 is 4.39 Å². The summed E-state index contributed by atoms with van der Waals surface area (Å²) in [5, 5.41) is 0.246. The van der Waals surface area contributed by atoms with Gasteiger partial charge in [-0.1, -0.05) is 17.7 Å². The van der Waals surface area contributed by atoms with Gasteiger partial charge in [0.15, 0.2) is 0 Å². The van der Waals surface area contributed by atoms with E-state index >= 15 is 0 Å². The molecule has 2 N–H and O–H groups in total. The normalized spacial score (nSPS) is 11.6. The Morgan fingerprint density at radius 2 is 2.36 bits per heavy atom. The van der Waals surface area contributed by atoms with Crippen molar-refractivity contribution in [3.63, 3.8) is 0 Å². The van der Waals surface area contributed by atoms with Crippen LogP contribution < -0.4 is 5.73 Å². The number of nitrogens with zero attached hydrogens (tertiary/aromatic N) is 1. The fraction of sp³-hybridized carbons (Fsp3) is 0.222. The topological polar surface area (TPSA) is 38.9 Å². The Labute approximate surface area is 93.4 Å². The minimum atomic E-state index is -0.432. The lowest BCUT2D eigenvalue weighted by molar-refractivity contribution is 0.612. The Bertz CT molecular complexity index is 318. The van der Waals surface area contributed by atoms with Gasteiger partial charge in [0.2, 0.25) is 0 Å². The molecular formula is C9H11Cl2FN2. The van der Waals surface area contributed by atoms with E-state index in [1.807, 2.05) is 0 Å². The maximum atomic E-state index is 12.7. The molecule has 0 aromatic carbocycles. The molecule has 1 atom stereocenters. The molecule has 5 heteroatoms. The van der Waals surface area contributed by atoms with E-state index in [0.29, 0.717) is 12.0 Å². The van der Waals surface area contributed by atoms with Crippen LogP contribution in [0.5, 0.6) is 0 Å². The molecule has 1 rings (SSSR count). The smallest absolute Gasteiger partial charge is 0.141 e. The number of rotatable bonds is 3. The second kappa shape index (κ2) is 5.96. The summed E-state index contributed by atoms with van der Waals surface area (Å²) in [5.41, 5.74) is 6.23. The van der Waals surface area contributed by atoms with E-state index in [9.17, 15) is 4.39 Å². The summed E-state index contributed by atoms with van der Waals surface area (Å²) in [6, 6.07) is 0.956. The maximum absolute atomic E-state index is 12.7. The van der Waals surface area contributed by atoms with Gasteiger partial charge in [-0.25, -0.2) is 9.37 Å². The van der Waals surface area contributed by atoms with Gasteiger partial charge in [-0.15, -0.1) is 19.0 Å². The average molecular weight is 237 g/mol. The molecule has 0 saturated heterocycles. The van der Waals surface area contributed by atoms with Crippen LogP contribution >= 0.6 is 24.0 Å². The summed E-state index contributed by atoms with van der Waals surface area (Å²) >= 11 is 5.73. The van der Waals surface area contributed by atoms with Gasteiger partial charge in [0, 0.05) is 11.6 Å². The molecular weight excluding hydrogens is 226 g/mol. The zero-order chi connectivity index (χ0) is 9.84. The number of aromatic nitrogens is 1. The molecule has 0 saturated carbocycles. The SMILES string of the molecule is C=CC[C@H](N)c1cc(F)cnc1Cl.Cl. The molecule has 0 bridgehead atoms. The molecule has 0 aliphatic heterocycles. The molecule has 1 aromatic rings. The fourth-order valence-electron chi connectivity index (χ4n) is 1.00. The number of halogens is 3. The number of hydrogen-bond donors (Lipinski definition) is 1. The van der Waals surface area contributed by atoms with Crippen molar-refractivity contribution >= 4 is 24.0 Å². The number of nitrogens with two attached hydrogens (primary N) is 1. The van der Waals surface area contributed by atoms with Gasteiger partial charge < -0.3 is 5.73 Å². The molecule has 0 unspecified atom stereocenters. The van der Waals surface area contributed by atoms with E-state index in [0.717, 1.165) is 6.20 Å². The maximum Gasteiger partial charge on any atom is 0.141 e. The molecule has 0 radical (unpaired) electrons. The van der Waals surface area contributed by atoms with Gasteiger partial charge in [0.25, 0.3) is 0 Å². The number of hydrogen-bond acceptors (Lipinski definition) is 2. The third-order valence-corrected chi connectivity index (χ3v) is 1.97. The van der Waals surface area contributed by atoms with Crippen molar-refractivity contribution in [3.8, 4) is 0 Å². The van der Waals surface area contributed by atoms with Crippen molar-refractivity contribution in [2.24, 2.45) is 5.73 Å². The predicted molar refractivity (Wildman–Crippen MR) is 58.2 cm³/mol. The lowest BCUT2D eigenvalue weighted by Gasteiger charge is -2.10. The van der Waals surface area contributed by atoms with Gasteiger partial charge in [-0.05, 0) is 12.5 Å². The van der Waals surface area contributed by atoms with Crippen LogP contribution in [-0.2, 0) is 0 Å². The monoisotopic (exact) mass is 236 g/mol. The Morgan fingerprint density at radius 1 is 1.71 bits per heavy atom. The largest absolute Gasteiger partial charge is 0.324 e. The van der Waals surface area contributed by atoms with Crippen LogP contribution in [0.2, 0.25) is 5.15 Å². The van der Waals surface area contributed by atoms with Crippen molar-refractivity contribution in [3.05, 3.63) is 41.5 Å². The molecule has 1 aromatic heterocycles. The van der Waals surface area contributed by atoms with Crippen LogP contribution in [0.15, 0.2) is 24.9 Å². The van der Waals surface area contributed by atoms with Crippen molar-refractivity contribution in [1.29, 1.82) is 0 Å². The first kappa shape index (κ1) is 13.4. The highest BCUT2D eigenvalue weighted by Gasteiger charge is 2.10. The average Bonchev–Trinajstić information content (AvgIpc) is 2.09. The molecule has 0 fully saturated rings. The molecule has 0 amide bonds. The van der Waals surface area contributed by atoms with E-state index in [4.69, 9.17) is 17.3 Å². The van der Waals surface area contributed by atoms with E-state index < -0.39 is 5.82 Å². The minimum Gasteiger partial charge on any atom is -0.324 e. The highest BCUT2D eigenvalue weighted by Crippen LogP contribution is 2.22. The Balaban J connectivity index is 0.00000169. The molecule has 1 heterocycles. The first-order valence-corrected chi connectivity index (χ1v) is 4.20. The van der Waals surface area contributed by atoms with Gasteiger partial charge in [-0.3, -0.25) is 0 Å². The molecule has 0 aliphatic carbocycles. The standard InChI is InChI=1S/C9H10ClFN2.ClH/c1-2-3-8(12)7-4-6(11)5-13-9(7)10;/h2,4-5,8H,1,3,12H2;1H/t8-;/m0./s1.